The van der Waals surface area contributed by atoms with Crippen molar-refractivity contribution < 1.29 is 0 Å². The molecule has 1 aliphatic heterocycles. The molecule has 0 radical (unpaired) electrons. The Labute approximate surface area is 230 Å². The predicted octanol–water partition coefficient (Wildman–Crippen LogP) is 9.40. The fourth-order valence-electron chi connectivity index (χ4n) is 6.83. The van der Waals surface area contributed by atoms with Crippen LogP contribution >= 0.6 is 0 Å². The largest absolute Gasteiger partial charge is 0.309 e. The minimum absolute atomic E-state index is 0.665. The van der Waals surface area contributed by atoms with Gasteiger partial charge < -0.3 is 9.13 Å². The van der Waals surface area contributed by atoms with E-state index in [-0.39, 0.29) is 0 Å². The summed E-state index contributed by atoms with van der Waals surface area (Å²) in [4.78, 5) is 0. The minimum Gasteiger partial charge on any atom is -0.309 e. The molecule has 3 nitrogen and oxygen atoms in total. The van der Waals surface area contributed by atoms with Gasteiger partial charge in [0.05, 0.1) is 39.4 Å². The number of hydrogen-bond acceptors (Lipinski definition) is 1. The number of aromatic nitrogens is 2. The molecule has 0 N–H and O–H groups in total. The lowest BCUT2D eigenvalue weighted by Crippen LogP contribution is -1.98. The van der Waals surface area contributed by atoms with Gasteiger partial charge in [-0.2, -0.15) is 5.26 Å². The molecule has 3 heterocycles. The van der Waals surface area contributed by atoms with Crippen molar-refractivity contribution in [2.45, 2.75) is 0 Å². The minimum atomic E-state index is 0.665. The Morgan fingerprint density at radius 3 is 1.82 bits per heavy atom. The molecule has 1 aliphatic rings. The zero-order chi connectivity index (χ0) is 26.4. The molecule has 0 bridgehead atoms. The summed E-state index contributed by atoms with van der Waals surface area (Å²) in [6, 6.07) is 47.7. The molecule has 8 aromatic rings. The summed E-state index contributed by atoms with van der Waals surface area (Å²) in [5, 5.41) is 14.7. The van der Waals surface area contributed by atoms with Gasteiger partial charge in [0.15, 0.2) is 0 Å². The lowest BCUT2D eigenvalue weighted by atomic mass is 9.93. The highest BCUT2D eigenvalue weighted by Gasteiger charge is 2.25. The van der Waals surface area contributed by atoms with E-state index in [9.17, 15) is 5.26 Å². The molecular formula is C37H21N3. The maximum absolute atomic E-state index is 9.77. The first kappa shape index (κ1) is 21.4. The van der Waals surface area contributed by atoms with Crippen molar-refractivity contribution in [3.8, 4) is 39.7 Å². The van der Waals surface area contributed by atoms with Gasteiger partial charge in [-0.15, -0.1) is 0 Å². The zero-order valence-electron chi connectivity index (χ0n) is 21.5. The van der Waals surface area contributed by atoms with Crippen LogP contribution in [0.25, 0.3) is 77.2 Å². The lowest BCUT2D eigenvalue weighted by Gasteiger charge is -2.14. The molecule has 184 valence electrons. The van der Waals surface area contributed by atoms with Gasteiger partial charge in [-0.1, -0.05) is 84.9 Å². The summed E-state index contributed by atoms with van der Waals surface area (Å²) in [6.45, 7) is 0. The first-order valence-electron chi connectivity index (χ1n) is 13.5. The van der Waals surface area contributed by atoms with Gasteiger partial charge in [-0.25, -0.2) is 0 Å². The highest BCUT2D eigenvalue weighted by Crippen LogP contribution is 2.47. The predicted molar refractivity (Wildman–Crippen MR) is 164 cm³/mol. The molecule has 0 saturated carbocycles. The second kappa shape index (κ2) is 7.72. The second-order valence-corrected chi connectivity index (χ2v) is 10.5. The molecule has 40 heavy (non-hydrogen) atoms. The van der Waals surface area contributed by atoms with Crippen LogP contribution < -0.4 is 0 Å². The van der Waals surface area contributed by atoms with Crippen LogP contribution in [0.1, 0.15) is 5.56 Å². The van der Waals surface area contributed by atoms with E-state index in [1.54, 1.807) is 0 Å². The molecule has 0 saturated heterocycles. The van der Waals surface area contributed by atoms with Crippen molar-refractivity contribution in [3.05, 3.63) is 133 Å². The number of benzene rings is 6. The Balaban J connectivity index is 1.46. The molecule has 0 amide bonds. The molecule has 3 heteroatoms. The standard InChI is InChI=1S/C37H21N3/c38-22-23-16-19-35-32(20-23)26-9-2-1-8-25(26)30-12-7-13-31-29-18-17-24(21-36(29)40(35)37(30)31)39-33-14-5-3-10-27(33)28-11-4-6-15-34(28)39/h1-21H. The van der Waals surface area contributed by atoms with E-state index < -0.39 is 0 Å². The van der Waals surface area contributed by atoms with Gasteiger partial charge in [-0.05, 0) is 53.6 Å². The average molecular weight is 508 g/mol. The van der Waals surface area contributed by atoms with Gasteiger partial charge in [0.25, 0.3) is 0 Å². The summed E-state index contributed by atoms with van der Waals surface area (Å²) in [6.07, 6.45) is 0. The normalized spacial score (nSPS) is 12.0. The summed E-state index contributed by atoms with van der Waals surface area (Å²) in [7, 11) is 0. The first-order valence-corrected chi connectivity index (χ1v) is 13.5. The van der Waals surface area contributed by atoms with Crippen LogP contribution in [0.5, 0.6) is 0 Å². The molecule has 6 aromatic carbocycles. The number of nitrogens with zero attached hydrogens (tertiary/aromatic N) is 3. The third-order valence-electron chi connectivity index (χ3n) is 8.48. The van der Waals surface area contributed by atoms with E-state index >= 15 is 0 Å². The van der Waals surface area contributed by atoms with E-state index in [0.29, 0.717) is 5.56 Å². The number of para-hydroxylation sites is 3. The van der Waals surface area contributed by atoms with Crippen LogP contribution in [0.2, 0.25) is 0 Å². The first-order chi connectivity index (χ1) is 19.8. The molecule has 0 aliphatic carbocycles. The maximum Gasteiger partial charge on any atom is 0.0991 e. The Kier molecular flexibility index (Phi) is 4.12. The molecule has 0 spiro atoms. The van der Waals surface area contributed by atoms with E-state index in [0.717, 1.165) is 28.0 Å². The molecule has 0 unspecified atom stereocenters. The van der Waals surface area contributed by atoms with Gasteiger partial charge in [0.1, 0.15) is 0 Å². The third-order valence-corrected chi connectivity index (χ3v) is 8.48. The van der Waals surface area contributed by atoms with Gasteiger partial charge in [0, 0.05) is 38.4 Å². The van der Waals surface area contributed by atoms with E-state index in [1.807, 2.05) is 12.1 Å². The van der Waals surface area contributed by atoms with Gasteiger partial charge in [-0.3, -0.25) is 0 Å². The number of hydrogen-bond donors (Lipinski definition) is 0. The van der Waals surface area contributed by atoms with E-state index in [2.05, 4.69) is 130 Å². The fraction of sp³-hybridized carbons (Fsp3) is 0. The van der Waals surface area contributed by atoms with Crippen molar-refractivity contribution in [2.24, 2.45) is 0 Å². The van der Waals surface area contributed by atoms with Crippen molar-refractivity contribution >= 4 is 43.6 Å². The Morgan fingerprint density at radius 2 is 1.07 bits per heavy atom. The summed E-state index contributed by atoms with van der Waals surface area (Å²) in [5.74, 6) is 0. The highest BCUT2D eigenvalue weighted by molar-refractivity contribution is 6.17. The molecular weight excluding hydrogens is 486 g/mol. The third kappa shape index (κ3) is 2.67. The van der Waals surface area contributed by atoms with Crippen LogP contribution in [-0.2, 0) is 0 Å². The Morgan fingerprint density at radius 1 is 0.450 bits per heavy atom. The molecule has 2 aromatic heterocycles. The highest BCUT2D eigenvalue weighted by atomic mass is 15.0. The molecule has 9 rings (SSSR count). The van der Waals surface area contributed by atoms with Crippen molar-refractivity contribution in [2.75, 3.05) is 0 Å². The topological polar surface area (TPSA) is 33.6 Å². The Bertz CT molecular complexity index is 2340. The van der Waals surface area contributed by atoms with Crippen LogP contribution in [0.4, 0.5) is 0 Å². The second-order valence-electron chi connectivity index (χ2n) is 10.5. The molecule has 0 atom stereocenters. The zero-order valence-corrected chi connectivity index (χ0v) is 21.5. The fourth-order valence-corrected chi connectivity index (χ4v) is 6.83. The van der Waals surface area contributed by atoms with Crippen LogP contribution in [-0.4, -0.2) is 9.13 Å². The summed E-state index contributed by atoms with van der Waals surface area (Å²) >= 11 is 0. The lowest BCUT2D eigenvalue weighted by molar-refractivity contribution is 1.16. The average Bonchev–Trinajstić information content (AvgIpc) is 3.49. The van der Waals surface area contributed by atoms with Gasteiger partial charge >= 0.3 is 0 Å². The quantitative estimate of drug-likeness (QED) is 0.218. The molecule has 0 fully saturated rings. The summed E-state index contributed by atoms with van der Waals surface area (Å²) < 4.78 is 4.79. The number of fused-ring (bicyclic) bond motifs is 11. The van der Waals surface area contributed by atoms with E-state index in [1.165, 1.54) is 49.2 Å². The SMILES string of the molecule is N#Cc1ccc2c(c1)-c1ccccc1-c1cccc3c4ccc(-n5c6ccccc6c6ccccc65)cc4n-2c13. The van der Waals surface area contributed by atoms with Crippen LogP contribution in [0.15, 0.2) is 127 Å². The van der Waals surface area contributed by atoms with E-state index in [4.69, 9.17) is 0 Å². The number of rotatable bonds is 1. The van der Waals surface area contributed by atoms with Crippen LogP contribution in [0.3, 0.4) is 0 Å². The summed E-state index contributed by atoms with van der Waals surface area (Å²) in [5.41, 5.74) is 12.3. The number of nitriles is 1. The van der Waals surface area contributed by atoms with Gasteiger partial charge in [0.2, 0.25) is 0 Å². The van der Waals surface area contributed by atoms with Crippen molar-refractivity contribution in [1.82, 2.24) is 9.13 Å². The maximum atomic E-state index is 9.77. The monoisotopic (exact) mass is 507 g/mol. The smallest absolute Gasteiger partial charge is 0.0991 e. The van der Waals surface area contributed by atoms with Crippen molar-refractivity contribution in [1.29, 1.82) is 5.26 Å². The van der Waals surface area contributed by atoms with Crippen LogP contribution in [0, 0.1) is 11.3 Å². The van der Waals surface area contributed by atoms with Crippen molar-refractivity contribution in [3.63, 3.8) is 0 Å². The Hall–Kier alpha value is -5.59.